The van der Waals surface area contributed by atoms with Gasteiger partial charge in [-0.1, -0.05) is 30.3 Å². The van der Waals surface area contributed by atoms with Crippen LogP contribution in [0, 0.1) is 5.82 Å². The van der Waals surface area contributed by atoms with Crippen LogP contribution in [0.2, 0.25) is 0 Å². The zero-order valence-corrected chi connectivity index (χ0v) is 13.2. The maximum atomic E-state index is 13.6. The molecule has 0 fully saturated rings. The van der Waals surface area contributed by atoms with Gasteiger partial charge in [-0.15, -0.1) is 0 Å². The molecule has 3 rings (SSSR count). The van der Waals surface area contributed by atoms with E-state index >= 15 is 0 Å². The molecule has 2 aromatic rings. The minimum absolute atomic E-state index is 0.152. The van der Waals surface area contributed by atoms with E-state index in [1.54, 1.807) is 13.0 Å². The molecule has 122 valence electrons. The van der Waals surface area contributed by atoms with Gasteiger partial charge in [-0.25, -0.2) is 9.18 Å². The number of carbonyl (C=O) groups is 2. The lowest BCUT2D eigenvalue weighted by atomic mass is 10.1. The Kier molecular flexibility index (Phi) is 4.42. The Labute approximate surface area is 139 Å². The normalized spacial score (nSPS) is 14.8. The fourth-order valence-electron chi connectivity index (χ4n) is 2.69. The summed E-state index contributed by atoms with van der Waals surface area (Å²) < 4.78 is 18.5. The van der Waals surface area contributed by atoms with Crippen molar-refractivity contribution >= 4 is 23.1 Å². The smallest absolute Gasteiger partial charge is 0.331 e. The van der Waals surface area contributed by atoms with Crippen LogP contribution >= 0.6 is 0 Å². The summed E-state index contributed by atoms with van der Waals surface area (Å²) in [5.41, 5.74) is 2.09. The van der Waals surface area contributed by atoms with Gasteiger partial charge in [0, 0.05) is 11.6 Å². The number of nitrogens with zero attached hydrogens (tertiary/aromatic N) is 1. The molecule has 0 bridgehead atoms. The number of fused-ring (bicyclic) bond motifs is 1. The molecular weight excluding hydrogens is 309 g/mol. The van der Waals surface area contributed by atoms with Crippen LogP contribution in [0.4, 0.5) is 10.1 Å². The third-order valence-corrected chi connectivity index (χ3v) is 3.75. The molecule has 24 heavy (non-hydrogen) atoms. The number of esters is 1. The van der Waals surface area contributed by atoms with E-state index < -0.39 is 11.8 Å². The van der Waals surface area contributed by atoms with Crippen LogP contribution < -0.4 is 4.90 Å². The molecule has 0 saturated heterocycles. The zero-order valence-electron chi connectivity index (χ0n) is 13.2. The number of hydrogen-bond acceptors (Lipinski definition) is 3. The Hall–Kier alpha value is -2.95. The molecule has 1 amide bonds. The highest BCUT2D eigenvalue weighted by molar-refractivity contribution is 6.34. The number of amides is 1. The Morgan fingerprint density at radius 1 is 1.21 bits per heavy atom. The summed E-state index contributed by atoms with van der Waals surface area (Å²) >= 11 is 0. The number of rotatable bonds is 4. The van der Waals surface area contributed by atoms with Gasteiger partial charge in [0.05, 0.1) is 24.4 Å². The second-order valence-electron chi connectivity index (χ2n) is 5.35. The fraction of sp³-hybridized carbons (Fsp3) is 0.158. The van der Waals surface area contributed by atoms with Crippen LogP contribution in [0.25, 0.3) is 5.57 Å². The Morgan fingerprint density at radius 3 is 2.67 bits per heavy atom. The van der Waals surface area contributed by atoms with Crippen molar-refractivity contribution in [1.82, 2.24) is 0 Å². The standard InChI is InChI=1S/C19H16FNO3/c1-2-24-18(22)11-16-15-10-14(20)8-9-17(15)21(19(16)23)12-13-6-4-3-5-7-13/h3-11H,2,12H2,1H3/b16-11+. The molecule has 0 aromatic heterocycles. The molecule has 0 unspecified atom stereocenters. The lowest BCUT2D eigenvalue weighted by molar-refractivity contribution is -0.137. The SMILES string of the molecule is CCOC(=O)/C=C1/C(=O)N(Cc2ccccc2)c2ccc(F)cc21. The Morgan fingerprint density at radius 2 is 1.96 bits per heavy atom. The Bertz CT molecular complexity index is 815. The monoisotopic (exact) mass is 325 g/mol. The topological polar surface area (TPSA) is 46.6 Å². The highest BCUT2D eigenvalue weighted by Gasteiger charge is 2.33. The number of benzene rings is 2. The van der Waals surface area contributed by atoms with Gasteiger partial charge in [-0.2, -0.15) is 0 Å². The third kappa shape index (κ3) is 3.06. The summed E-state index contributed by atoms with van der Waals surface area (Å²) in [6.45, 7) is 2.24. The van der Waals surface area contributed by atoms with E-state index in [9.17, 15) is 14.0 Å². The van der Waals surface area contributed by atoms with E-state index in [4.69, 9.17) is 4.74 Å². The van der Waals surface area contributed by atoms with Crippen molar-refractivity contribution in [2.24, 2.45) is 0 Å². The molecule has 2 aromatic carbocycles. The van der Waals surface area contributed by atoms with E-state index in [1.807, 2.05) is 30.3 Å². The predicted molar refractivity (Wildman–Crippen MR) is 88.6 cm³/mol. The number of hydrogen-bond donors (Lipinski definition) is 0. The van der Waals surface area contributed by atoms with Crippen molar-refractivity contribution in [3.8, 4) is 0 Å². The summed E-state index contributed by atoms with van der Waals surface area (Å²) in [6, 6.07) is 13.6. The van der Waals surface area contributed by atoms with Gasteiger partial charge in [-0.3, -0.25) is 4.79 Å². The number of halogens is 1. The molecule has 0 N–H and O–H groups in total. The summed E-state index contributed by atoms with van der Waals surface area (Å²) in [5, 5.41) is 0. The van der Waals surface area contributed by atoms with Crippen LogP contribution in [0.1, 0.15) is 18.1 Å². The van der Waals surface area contributed by atoms with Gasteiger partial charge >= 0.3 is 5.97 Å². The van der Waals surface area contributed by atoms with Gasteiger partial charge < -0.3 is 9.64 Å². The molecule has 0 spiro atoms. The lowest BCUT2D eigenvalue weighted by Gasteiger charge is -2.17. The van der Waals surface area contributed by atoms with Gasteiger partial charge in [0.2, 0.25) is 0 Å². The van der Waals surface area contributed by atoms with Crippen LogP contribution in [-0.4, -0.2) is 18.5 Å². The molecule has 5 heteroatoms. The molecule has 0 atom stereocenters. The molecule has 0 aliphatic carbocycles. The maximum Gasteiger partial charge on any atom is 0.331 e. The Balaban J connectivity index is 2.01. The van der Waals surface area contributed by atoms with Gasteiger partial charge in [0.15, 0.2) is 0 Å². The second kappa shape index (κ2) is 6.66. The van der Waals surface area contributed by atoms with E-state index in [-0.39, 0.29) is 18.1 Å². The summed E-state index contributed by atoms with van der Waals surface area (Å²) in [6.07, 6.45) is 1.13. The highest BCUT2D eigenvalue weighted by Crippen LogP contribution is 2.38. The fourth-order valence-corrected chi connectivity index (χ4v) is 2.69. The first kappa shape index (κ1) is 15.9. The molecule has 1 heterocycles. The molecule has 0 saturated carbocycles. The van der Waals surface area contributed by atoms with E-state index in [2.05, 4.69) is 0 Å². The minimum Gasteiger partial charge on any atom is -0.463 e. The van der Waals surface area contributed by atoms with Gasteiger partial charge in [0.25, 0.3) is 5.91 Å². The first-order valence-corrected chi connectivity index (χ1v) is 7.64. The van der Waals surface area contributed by atoms with Gasteiger partial charge in [0.1, 0.15) is 5.82 Å². The van der Waals surface area contributed by atoms with Crippen LogP contribution in [0.3, 0.4) is 0 Å². The number of anilines is 1. The molecule has 0 radical (unpaired) electrons. The van der Waals surface area contributed by atoms with E-state index in [1.165, 1.54) is 17.0 Å². The van der Waals surface area contributed by atoms with Crippen molar-refractivity contribution < 1.29 is 18.7 Å². The van der Waals surface area contributed by atoms with Crippen molar-refractivity contribution in [3.63, 3.8) is 0 Å². The van der Waals surface area contributed by atoms with Crippen molar-refractivity contribution in [3.05, 3.63) is 71.6 Å². The number of carbonyl (C=O) groups excluding carboxylic acids is 2. The first-order chi connectivity index (χ1) is 11.6. The van der Waals surface area contributed by atoms with Crippen LogP contribution in [-0.2, 0) is 20.9 Å². The van der Waals surface area contributed by atoms with E-state index in [0.717, 1.165) is 11.6 Å². The van der Waals surface area contributed by atoms with E-state index in [0.29, 0.717) is 17.8 Å². The van der Waals surface area contributed by atoms with Crippen molar-refractivity contribution in [1.29, 1.82) is 0 Å². The zero-order chi connectivity index (χ0) is 17.1. The maximum absolute atomic E-state index is 13.6. The average molecular weight is 325 g/mol. The predicted octanol–water partition coefficient (Wildman–Crippen LogP) is 3.32. The minimum atomic E-state index is -0.613. The molecule has 4 nitrogen and oxygen atoms in total. The first-order valence-electron chi connectivity index (χ1n) is 7.64. The van der Waals surface area contributed by atoms with Gasteiger partial charge in [-0.05, 0) is 30.7 Å². The summed E-state index contributed by atoms with van der Waals surface area (Å²) in [4.78, 5) is 26.0. The second-order valence-corrected chi connectivity index (χ2v) is 5.35. The largest absolute Gasteiger partial charge is 0.463 e. The summed E-state index contributed by atoms with van der Waals surface area (Å²) in [7, 11) is 0. The molecule has 1 aliphatic rings. The lowest BCUT2D eigenvalue weighted by Crippen LogP contribution is -2.25. The highest BCUT2D eigenvalue weighted by atomic mass is 19.1. The average Bonchev–Trinajstić information content (AvgIpc) is 2.81. The third-order valence-electron chi connectivity index (χ3n) is 3.75. The summed E-state index contributed by atoms with van der Waals surface area (Å²) in [5.74, 6) is -1.41. The quantitative estimate of drug-likeness (QED) is 0.640. The van der Waals surface area contributed by atoms with Crippen LogP contribution in [0.5, 0.6) is 0 Å². The number of ether oxygens (including phenoxy) is 1. The molecule has 1 aliphatic heterocycles. The van der Waals surface area contributed by atoms with Crippen LogP contribution in [0.15, 0.2) is 54.6 Å². The van der Waals surface area contributed by atoms with Crippen molar-refractivity contribution in [2.45, 2.75) is 13.5 Å². The molecular formula is C19H16FNO3. The van der Waals surface area contributed by atoms with Crippen molar-refractivity contribution in [2.75, 3.05) is 11.5 Å².